The standard InChI is InChI=1S/C52H60FN3O10/c1-3-26-55(51(59)63-33-36-14-6-5-7-15-36)48-32-46(54-65-34-37-20-22-40(23-21-37)56(60)61)43-30-38(16-10-12-27-57)42(18-11-13-28-58)49-44-31-41(62-35-39-17-8-9-19-45(39)53)24-25-47(44)66-52(48,50(43)49)64-29-4-2/h4-9,14-15,17,19-25,30-31,38,42,48-50,57-58H,2-3,10-13,16,18,26-29,32-35H2,1H3. The maximum atomic E-state index is 14.8. The first-order valence-corrected chi connectivity index (χ1v) is 23.0. The fourth-order valence-corrected chi connectivity index (χ4v) is 9.83. The summed E-state index contributed by atoms with van der Waals surface area (Å²) in [6.07, 6.45) is 8.32. The summed E-state index contributed by atoms with van der Waals surface area (Å²) in [5.41, 5.74) is 4.17. The zero-order valence-corrected chi connectivity index (χ0v) is 37.5. The van der Waals surface area contributed by atoms with Crippen LogP contribution in [0.4, 0.5) is 14.9 Å². The molecule has 13 nitrogen and oxygen atoms in total. The molecule has 0 radical (unpaired) electrons. The summed E-state index contributed by atoms with van der Waals surface area (Å²) in [4.78, 5) is 33.4. The van der Waals surface area contributed by atoms with Crippen molar-refractivity contribution in [1.29, 1.82) is 0 Å². The first kappa shape index (κ1) is 47.9. The van der Waals surface area contributed by atoms with E-state index < -0.39 is 28.8 Å². The maximum Gasteiger partial charge on any atom is 0.410 e. The van der Waals surface area contributed by atoms with Crippen LogP contribution in [0.2, 0.25) is 0 Å². The molecule has 7 rings (SSSR count). The number of carbonyl (C=O) groups excluding carboxylic acids is 1. The lowest BCUT2D eigenvalue weighted by molar-refractivity contribution is -0.384. The summed E-state index contributed by atoms with van der Waals surface area (Å²) in [6, 6.07) is 26.9. The van der Waals surface area contributed by atoms with Crippen LogP contribution in [-0.2, 0) is 34.1 Å². The highest BCUT2D eigenvalue weighted by Gasteiger charge is 2.65. The van der Waals surface area contributed by atoms with Gasteiger partial charge in [0, 0.05) is 55.4 Å². The van der Waals surface area contributed by atoms with Gasteiger partial charge in [0.25, 0.3) is 5.69 Å². The molecule has 2 aliphatic carbocycles. The molecule has 0 spiro atoms. The zero-order valence-electron chi connectivity index (χ0n) is 37.5. The third-order valence-corrected chi connectivity index (χ3v) is 12.8. The first-order chi connectivity index (χ1) is 32.2. The van der Waals surface area contributed by atoms with Gasteiger partial charge in [-0.1, -0.05) is 85.6 Å². The number of non-ortho nitro benzene ring substituents is 1. The number of nitro groups is 1. The van der Waals surface area contributed by atoms with Crippen LogP contribution >= 0.6 is 0 Å². The molecule has 1 amide bonds. The number of hydrogen-bond donors (Lipinski definition) is 2. The minimum atomic E-state index is -1.50. The van der Waals surface area contributed by atoms with Gasteiger partial charge in [-0.3, -0.25) is 15.0 Å². The van der Waals surface area contributed by atoms with Gasteiger partial charge in [-0.05, 0) is 97.0 Å². The van der Waals surface area contributed by atoms with E-state index in [4.69, 9.17) is 28.9 Å². The fourth-order valence-electron chi connectivity index (χ4n) is 9.83. The third-order valence-electron chi connectivity index (χ3n) is 12.8. The van der Waals surface area contributed by atoms with Crippen molar-refractivity contribution in [3.05, 3.63) is 160 Å². The first-order valence-electron chi connectivity index (χ1n) is 23.0. The number of ether oxygens (including phenoxy) is 4. The van der Waals surface area contributed by atoms with Crippen molar-refractivity contribution in [2.45, 2.75) is 95.9 Å². The predicted molar refractivity (Wildman–Crippen MR) is 247 cm³/mol. The highest BCUT2D eigenvalue weighted by atomic mass is 19.1. The highest BCUT2D eigenvalue weighted by Crippen LogP contribution is 2.62. The summed E-state index contributed by atoms with van der Waals surface area (Å²) >= 11 is 0. The topological polar surface area (TPSA) is 162 Å². The van der Waals surface area contributed by atoms with E-state index in [9.17, 15) is 29.5 Å². The van der Waals surface area contributed by atoms with E-state index in [0.29, 0.717) is 54.1 Å². The van der Waals surface area contributed by atoms with E-state index >= 15 is 0 Å². The van der Waals surface area contributed by atoms with Crippen LogP contribution in [0, 0.1) is 33.7 Å². The number of aliphatic hydroxyl groups excluding tert-OH is 2. The Morgan fingerprint density at radius 3 is 2.39 bits per heavy atom. The average molecular weight is 906 g/mol. The van der Waals surface area contributed by atoms with E-state index in [0.717, 1.165) is 42.4 Å². The number of benzene rings is 4. The lowest BCUT2D eigenvalue weighted by Crippen LogP contribution is -2.70. The fraction of sp³-hybridized carbons (Fsp3) is 0.423. The minimum absolute atomic E-state index is 0.00368. The Hall–Kier alpha value is -6.09. The van der Waals surface area contributed by atoms with Gasteiger partial charge in [-0.2, -0.15) is 0 Å². The lowest BCUT2D eigenvalue weighted by Gasteiger charge is -2.59. The van der Waals surface area contributed by atoms with E-state index in [1.165, 1.54) is 18.2 Å². The summed E-state index contributed by atoms with van der Waals surface area (Å²) in [7, 11) is 0. The number of nitro benzene ring substituents is 1. The second-order valence-corrected chi connectivity index (χ2v) is 17.1. The van der Waals surface area contributed by atoms with Gasteiger partial charge in [0.2, 0.25) is 5.79 Å². The Morgan fingerprint density at radius 2 is 1.68 bits per heavy atom. The molecule has 4 aromatic rings. The van der Waals surface area contributed by atoms with Gasteiger partial charge in [0.1, 0.15) is 43.2 Å². The van der Waals surface area contributed by atoms with Crippen LogP contribution in [0.3, 0.4) is 0 Å². The number of carbonyl (C=O) groups is 1. The van der Waals surface area contributed by atoms with E-state index in [1.54, 1.807) is 47.4 Å². The normalized spacial score (nSPS) is 22.3. The van der Waals surface area contributed by atoms with Gasteiger partial charge >= 0.3 is 6.09 Å². The van der Waals surface area contributed by atoms with Crippen molar-refractivity contribution >= 4 is 17.5 Å². The number of amides is 1. The molecule has 350 valence electrons. The number of halogens is 1. The van der Waals surface area contributed by atoms with Crippen LogP contribution in [0.1, 0.15) is 86.5 Å². The van der Waals surface area contributed by atoms with Gasteiger partial charge in [0.15, 0.2) is 0 Å². The SMILES string of the molecule is C=CCOC12Oc3ccc(OCc4ccccc4F)cc3C3C(CCCCO)C(CCCCO)C=C(C(=NOCc4ccc([N+](=O)[O-])cc4)CC1N(CCC)C(=O)OCc1ccccc1)C32. The van der Waals surface area contributed by atoms with E-state index in [2.05, 4.69) is 12.7 Å². The Balaban J connectivity index is 1.39. The van der Waals surface area contributed by atoms with E-state index in [-0.39, 0.29) is 75.3 Å². The molecule has 4 aromatic carbocycles. The summed E-state index contributed by atoms with van der Waals surface area (Å²) in [5, 5.41) is 36.2. The van der Waals surface area contributed by atoms with Crippen LogP contribution in [0.25, 0.3) is 0 Å². The van der Waals surface area contributed by atoms with Crippen molar-refractivity contribution in [2.75, 3.05) is 26.4 Å². The quantitative estimate of drug-likeness (QED) is 0.0317. The minimum Gasteiger partial charge on any atom is -0.489 e. The van der Waals surface area contributed by atoms with Crippen molar-refractivity contribution in [1.82, 2.24) is 4.90 Å². The van der Waals surface area contributed by atoms with Crippen molar-refractivity contribution in [3.8, 4) is 11.5 Å². The zero-order chi connectivity index (χ0) is 46.5. The molecule has 14 heteroatoms. The van der Waals surface area contributed by atoms with Crippen LogP contribution < -0.4 is 9.47 Å². The molecule has 0 aromatic heterocycles. The summed E-state index contributed by atoms with van der Waals surface area (Å²) in [6.45, 7) is 6.56. The largest absolute Gasteiger partial charge is 0.489 e. The number of nitrogens with zero attached hydrogens (tertiary/aromatic N) is 3. The average Bonchev–Trinajstić information content (AvgIpc) is 3.33. The Kier molecular flexibility index (Phi) is 16.6. The number of allylic oxidation sites excluding steroid dienone is 1. The number of aliphatic hydroxyl groups is 2. The van der Waals surface area contributed by atoms with Crippen LogP contribution in [0.5, 0.6) is 11.5 Å². The van der Waals surface area contributed by atoms with Gasteiger partial charge in [-0.25, -0.2) is 9.18 Å². The molecule has 1 heterocycles. The number of unbranched alkanes of at least 4 members (excludes halogenated alkanes) is 2. The molecule has 6 unspecified atom stereocenters. The molecule has 2 N–H and O–H groups in total. The van der Waals surface area contributed by atoms with Crippen molar-refractivity contribution < 1.29 is 48.1 Å². The molecule has 1 saturated carbocycles. The molecular weight excluding hydrogens is 846 g/mol. The highest BCUT2D eigenvalue weighted by molar-refractivity contribution is 6.03. The van der Waals surface area contributed by atoms with E-state index in [1.807, 2.05) is 49.4 Å². The third kappa shape index (κ3) is 10.9. The van der Waals surface area contributed by atoms with Crippen molar-refractivity contribution in [2.24, 2.45) is 22.9 Å². The van der Waals surface area contributed by atoms with Gasteiger partial charge in [-0.15, -0.1) is 6.58 Å². The Labute approximate surface area is 385 Å². The molecule has 3 aliphatic rings. The van der Waals surface area contributed by atoms with Gasteiger partial charge < -0.3 is 34.0 Å². The summed E-state index contributed by atoms with van der Waals surface area (Å²) < 4.78 is 41.5. The molecule has 1 fully saturated rings. The van der Waals surface area contributed by atoms with Gasteiger partial charge in [0.05, 0.1) is 23.2 Å². The number of hydrogen-bond acceptors (Lipinski definition) is 11. The van der Waals surface area contributed by atoms with Crippen molar-refractivity contribution in [3.63, 3.8) is 0 Å². The lowest BCUT2D eigenvalue weighted by atomic mass is 9.55. The number of rotatable bonds is 23. The second-order valence-electron chi connectivity index (χ2n) is 17.1. The maximum absolute atomic E-state index is 14.8. The number of oxime groups is 1. The number of fused-ring (bicyclic) bond motifs is 2. The monoisotopic (exact) mass is 905 g/mol. The molecular formula is C52H60FN3O10. The summed E-state index contributed by atoms with van der Waals surface area (Å²) in [5.74, 6) is -1.75. The molecule has 6 atom stereocenters. The second kappa shape index (κ2) is 22.9. The smallest absolute Gasteiger partial charge is 0.410 e. The molecule has 66 heavy (non-hydrogen) atoms. The molecule has 0 saturated heterocycles. The molecule has 0 bridgehead atoms. The molecule has 1 aliphatic heterocycles. The van der Waals surface area contributed by atoms with Crippen LogP contribution in [0.15, 0.2) is 127 Å². The predicted octanol–water partition coefficient (Wildman–Crippen LogP) is 10.2. The Bertz CT molecular complexity index is 2320. The van der Waals surface area contributed by atoms with Crippen LogP contribution in [-0.4, -0.2) is 70.0 Å². The Morgan fingerprint density at radius 1 is 0.955 bits per heavy atom.